The van der Waals surface area contributed by atoms with E-state index in [2.05, 4.69) is 12.2 Å². The molecule has 0 fully saturated rings. The number of allylic oxidation sites excluding steroid dienone is 4. The molecule has 94 valence electrons. The number of hydrogen-bond acceptors (Lipinski definition) is 0. The Morgan fingerprint density at radius 2 is 1.14 bits per heavy atom. The smallest absolute Gasteiger partial charge is 0 e. The van der Waals surface area contributed by atoms with E-state index in [9.17, 15) is 0 Å². The summed E-state index contributed by atoms with van der Waals surface area (Å²) in [6.07, 6.45) is 10.0. The van der Waals surface area contributed by atoms with E-state index in [-0.39, 0.29) is 77.1 Å². The van der Waals surface area contributed by atoms with Gasteiger partial charge in [-0.1, -0.05) is 0 Å². The molecule has 4 heteroatoms. The molecular formula is C10H23F3Hf-6. The van der Waals surface area contributed by atoms with Crippen molar-refractivity contribution in [3.05, 3.63) is 61.4 Å². The number of hydrogen-bond donors (Lipinski definition) is 0. The Labute approximate surface area is 108 Å². The van der Waals surface area contributed by atoms with Crippen LogP contribution in [0.25, 0.3) is 0 Å². The van der Waals surface area contributed by atoms with Crippen molar-refractivity contribution in [1.29, 1.82) is 0 Å². The molecule has 0 aromatic heterocycles. The van der Waals surface area contributed by atoms with E-state index in [4.69, 9.17) is 0 Å². The number of rotatable bonds is 0. The first-order valence-electron chi connectivity index (χ1n) is 1.72. The van der Waals surface area contributed by atoms with E-state index in [0.717, 1.165) is 6.42 Å². The molecule has 0 radical (unpaired) electrons. The van der Waals surface area contributed by atoms with Gasteiger partial charge in [0.25, 0.3) is 0 Å². The molecule has 0 spiro atoms. The van der Waals surface area contributed by atoms with Gasteiger partial charge < -0.3 is 37.1 Å². The second-order valence-corrected chi connectivity index (χ2v) is 1.00. The zero-order chi connectivity index (χ0) is 3.54. The van der Waals surface area contributed by atoms with E-state index < -0.39 is 0 Å². The standard InChI is InChI=1S/C5H5.5CH3.3FH.Hf/c1-2-4-5-3-1;;;;;;;;;/h1-3H,4H2;5*1H3;3*1H;/q6*-1;;;;. The van der Waals surface area contributed by atoms with E-state index in [0.29, 0.717) is 0 Å². The maximum Gasteiger partial charge on any atom is 0 e. The average Bonchev–Trinajstić information content (AvgIpc) is 1.76. The summed E-state index contributed by atoms with van der Waals surface area (Å²) in [4.78, 5) is 0. The van der Waals surface area contributed by atoms with Gasteiger partial charge >= 0.3 is 0 Å². The minimum atomic E-state index is 0. The fraction of sp³-hybridized carbons (Fsp3) is 0.100. The monoisotopic (exact) mass is 380 g/mol. The quantitative estimate of drug-likeness (QED) is 0.441. The van der Waals surface area contributed by atoms with Crippen LogP contribution < -0.4 is 0 Å². The van der Waals surface area contributed by atoms with Gasteiger partial charge in [0, 0.05) is 25.8 Å². The van der Waals surface area contributed by atoms with Gasteiger partial charge in [-0.25, -0.2) is 12.2 Å². The Bertz CT molecular complexity index is 73.4. The summed E-state index contributed by atoms with van der Waals surface area (Å²) in [5, 5.41) is 0. The normalized spacial score (nSPS) is 6.29. The molecule has 0 bridgehead atoms. The first-order valence-corrected chi connectivity index (χ1v) is 1.72. The summed E-state index contributed by atoms with van der Waals surface area (Å²) in [7, 11) is 0. The molecule has 0 saturated heterocycles. The Kier molecular flexibility index (Phi) is 484. The first kappa shape index (κ1) is 92.4. The predicted octanol–water partition coefficient (Wildman–Crippen LogP) is 4.01. The Morgan fingerprint density at radius 1 is 0.786 bits per heavy atom. The molecule has 0 atom stereocenters. The van der Waals surface area contributed by atoms with Crippen LogP contribution in [0, 0.1) is 43.2 Å². The molecule has 0 amide bonds. The van der Waals surface area contributed by atoms with Gasteiger partial charge in [-0.3, -0.25) is 20.2 Å². The van der Waals surface area contributed by atoms with Crippen molar-refractivity contribution in [2.24, 2.45) is 0 Å². The van der Waals surface area contributed by atoms with Gasteiger partial charge in [-0.2, -0.15) is 6.08 Å². The predicted molar refractivity (Wildman–Crippen MR) is 61.1 cm³/mol. The van der Waals surface area contributed by atoms with E-state index >= 15 is 0 Å². The van der Waals surface area contributed by atoms with E-state index in [1.54, 1.807) is 0 Å². The van der Waals surface area contributed by atoms with Crippen LogP contribution in [0.4, 0.5) is 14.1 Å². The maximum atomic E-state index is 2.99. The van der Waals surface area contributed by atoms with Crippen molar-refractivity contribution < 1.29 is 40.0 Å². The minimum absolute atomic E-state index is 0. The van der Waals surface area contributed by atoms with Gasteiger partial charge in [-0.05, 0) is 0 Å². The van der Waals surface area contributed by atoms with Crippen LogP contribution in [0.3, 0.4) is 0 Å². The molecule has 0 aromatic carbocycles. The summed E-state index contributed by atoms with van der Waals surface area (Å²) >= 11 is 0. The molecule has 0 aliphatic heterocycles. The fourth-order valence-corrected chi connectivity index (χ4v) is 0.340. The van der Waals surface area contributed by atoms with Gasteiger partial charge in [0.1, 0.15) is 0 Å². The van der Waals surface area contributed by atoms with Crippen molar-refractivity contribution in [2.75, 3.05) is 0 Å². The van der Waals surface area contributed by atoms with Crippen LogP contribution in [0.5, 0.6) is 0 Å². The first-order chi connectivity index (χ1) is 2.50. The Hall–Kier alpha value is 0.140. The van der Waals surface area contributed by atoms with Crippen molar-refractivity contribution in [3.8, 4) is 0 Å². The van der Waals surface area contributed by atoms with E-state index in [1.807, 2.05) is 12.2 Å². The van der Waals surface area contributed by atoms with Crippen molar-refractivity contribution in [3.63, 3.8) is 0 Å². The molecule has 0 aromatic rings. The topological polar surface area (TPSA) is 0 Å². The summed E-state index contributed by atoms with van der Waals surface area (Å²) in [6.45, 7) is 0. The van der Waals surface area contributed by atoms with Crippen molar-refractivity contribution in [2.45, 2.75) is 6.42 Å². The van der Waals surface area contributed by atoms with Crippen LogP contribution in [0.2, 0.25) is 0 Å². The third kappa shape index (κ3) is 57.0. The molecular weight excluding hydrogens is 356 g/mol. The largest absolute Gasteiger partial charge is 0.358 e. The van der Waals surface area contributed by atoms with Gasteiger partial charge in [0.15, 0.2) is 0 Å². The summed E-state index contributed by atoms with van der Waals surface area (Å²) in [5.74, 6) is 0. The van der Waals surface area contributed by atoms with Crippen LogP contribution in [-0.4, -0.2) is 0 Å². The Balaban J connectivity index is -0.00000000397. The zero-order valence-corrected chi connectivity index (χ0v) is 13.3. The number of halogens is 3. The van der Waals surface area contributed by atoms with Crippen LogP contribution >= 0.6 is 0 Å². The van der Waals surface area contributed by atoms with Gasteiger partial charge in [0.2, 0.25) is 0 Å². The molecule has 0 N–H and O–H groups in total. The molecule has 1 aliphatic carbocycles. The molecule has 1 aliphatic rings. The fourth-order valence-electron chi connectivity index (χ4n) is 0.340. The van der Waals surface area contributed by atoms with Crippen LogP contribution in [0.1, 0.15) is 6.42 Å². The SMILES string of the molecule is F.F.F.[C-]1=CC=CC1.[CH3-].[CH3-].[CH3-].[CH3-].[CH3-].[Hf]. The second kappa shape index (κ2) is 73.3. The van der Waals surface area contributed by atoms with Gasteiger partial charge in [-0.15, -0.1) is 6.42 Å². The third-order valence-corrected chi connectivity index (χ3v) is 0.586. The molecule has 0 unspecified atom stereocenters. The molecule has 0 nitrogen and oxygen atoms in total. The van der Waals surface area contributed by atoms with Crippen molar-refractivity contribution in [1.82, 2.24) is 0 Å². The van der Waals surface area contributed by atoms with Crippen molar-refractivity contribution >= 4 is 0 Å². The average molecular weight is 379 g/mol. The second-order valence-electron chi connectivity index (χ2n) is 1.00. The summed E-state index contributed by atoms with van der Waals surface area (Å²) in [5.41, 5.74) is 0. The Morgan fingerprint density at radius 3 is 1.21 bits per heavy atom. The molecule has 1 rings (SSSR count). The van der Waals surface area contributed by atoms with Crippen LogP contribution in [0.15, 0.2) is 18.2 Å². The van der Waals surface area contributed by atoms with E-state index in [1.165, 1.54) is 0 Å². The van der Waals surface area contributed by atoms with Gasteiger partial charge in [0.05, 0.1) is 0 Å². The summed E-state index contributed by atoms with van der Waals surface area (Å²) < 4.78 is 0. The third-order valence-electron chi connectivity index (χ3n) is 0.586. The zero-order valence-electron chi connectivity index (χ0n) is 9.66. The minimum Gasteiger partial charge on any atom is -0.358 e. The summed E-state index contributed by atoms with van der Waals surface area (Å²) in [6, 6.07) is 0. The molecule has 0 heterocycles. The molecule has 0 saturated carbocycles. The maximum absolute atomic E-state index is 2.99. The molecule has 14 heavy (non-hydrogen) atoms. The van der Waals surface area contributed by atoms with Crippen LogP contribution in [-0.2, 0) is 25.8 Å².